The first kappa shape index (κ1) is 28.0. The van der Waals surface area contributed by atoms with Crippen LogP contribution in [0, 0.1) is 11.8 Å². The highest BCUT2D eigenvalue weighted by atomic mass is 32.2. The van der Waals surface area contributed by atoms with Gasteiger partial charge in [-0.1, -0.05) is 31.5 Å². The SMILES string of the molecule is CC(CC1CCCC(C)C1Nc1nc(-c2cccc(-c3cnn(C)c3)c2)ncc1-c1cnn(C)c1)NS(C)(=O)=O. The Balaban J connectivity index is 1.50. The molecule has 11 heteroatoms. The number of hydrogen-bond donors (Lipinski definition) is 2. The largest absolute Gasteiger partial charge is 0.366 e. The fourth-order valence-electron chi connectivity index (χ4n) is 5.89. The molecule has 10 nitrogen and oxygen atoms in total. The summed E-state index contributed by atoms with van der Waals surface area (Å²) in [5.74, 6) is 2.09. The van der Waals surface area contributed by atoms with Gasteiger partial charge in [0.1, 0.15) is 5.82 Å². The van der Waals surface area contributed by atoms with Gasteiger partial charge in [0.25, 0.3) is 0 Å². The molecule has 2 N–H and O–H groups in total. The van der Waals surface area contributed by atoms with Gasteiger partial charge in [-0.15, -0.1) is 0 Å². The molecule has 0 saturated heterocycles. The van der Waals surface area contributed by atoms with Crippen LogP contribution in [-0.2, 0) is 24.1 Å². The van der Waals surface area contributed by atoms with Crippen LogP contribution in [0.3, 0.4) is 0 Å². The number of anilines is 1. The maximum Gasteiger partial charge on any atom is 0.208 e. The van der Waals surface area contributed by atoms with Crippen molar-refractivity contribution in [1.82, 2.24) is 34.3 Å². The zero-order valence-electron chi connectivity index (χ0n) is 23.7. The van der Waals surface area contributed by atoms with Crippen LogP contribution >= 0.6 is 0 Å². The first-order valence-electron chi connectivity index (χ1n) is 13.7. The van der Waals surface area contributed by atoms with Crippen LogP contribution < -0.4 is 10.0 Å². The van der Waals surface area contributed by atoms with Gasteiger partial charge in [0.05, 0.1) is 18.6 Å². The lowest BCUT2D eigenvalue weighted by Gasteiger charge is -2.39. The highest BCUT2D eigenvalue weighted by Crippen LogP contribution is 2.37. The van der Waals surface area contributed by atoms with Gasteiger partial charge in [0, 0.05) is 67.0 Å². The van der Waals surface area contributed by atoms with Crippen LogP contribution in [0.5, 0.6) is 0 Å². The van der Waals surface area contributed by atoms with Gasteiger partial charge in [-0.25, -0.2) is 23.1 Å². The lowest BCUT2D eigenvalue weighted by Crippen LogP contribution is -2.43. The number of nitrogens with zero attached hydrogens (tertiary/aromatic N) is 6. The lowest BCUT2D eigenvalue weighted by molar-refractivity contribution is 0.228. The maximum atomic E-state index is 11.9. The Bertz CT molecular complexity index is 1580. The maximum absolute atomic E-state index is 11.9. The van der Waals surface area contributed by atoms with Gasteiger partial charge < -0.3 is 5.32 Å². The number of aromatic nitrogens is 6. The van der Waals surface area contributed by atoms with Gasteiger partial charge in [-0.3, -0.25) is 9.36 Å². The number of aryl methyl sites for hydroxylation is 2. The van der Waals surface area contributed by atoms with Crippen molar-refractivity contribution in [3.8, 4) is 33.6 Å². The third kappa shape index (κ3) is 6.59. The first-order valence-corrected chi connectivity index (χ1v) is 15.6. The van der Waals surface area contributed by atoms with E-state index in [1.54, 1.807) is 9.36 Å². The minimum Gasteiger partial charge on any atom is -0.366 e. The van der Waals surface area contributed by atoms with E-state index in [-0.39, 0.29) is 12.1 Å². The molecule has 3 aromatic heterocycles. The molecule has 0 bridgehead atoms. The van der Waals surface area contributed by atoms with E-state index in [1.165, 1.54) is 6.26 Å². The standard InChI is InChI=1S/C29H38N8O2S/c1-19-8-6-10-22(12-20(2)35-40(5,38)39)27(19)33-29-26(25-15-32-37(4)18-25)16-30-28(34-29)23-11-7-9-21(13-23)24-14-31-36(3)17-24/h7,9,11,13-20,22,27,35H,6,8,10,12H2,1-5H3,(H,30,33,34). The van der Waals surface area contributed by atoms with E-state index in [0.717, 1.165) is 59.3 Å². The summed E-state index contributed by atoms with van der Waals surface area (Å²) in [7, 11) is 0.531. The monoisotopic (exact) mass is 562 g/mol. The second-order valence-electron chi connectivity index (χ2n) is 11.2. The Labute approximate surface area is 236 Å². The Kier molecular flexibility index (Phi) is 8.04. The molecule has 1 saturated carbocycles. The molecule has 40 heavy (non-hydrogen) atoms. The van der Waals surface area contributed by atoms with E-state index in [9.17, 15) is 8.42 Å². The summed E-state index contributed by atoms with van der Waals surface area (Å²) < 4.78 is 30.0. The number of benzene rings is 1. The van der Waals surface area contributed by atoms with Crippen LogP contribution in [-0.4, -0.2) is 56.3 Å². The number of hydrogen-bond acceptors (Lipinski definition) is 7. The molecule has 1 aromatic carbocycles. The number of nitrogens with one attached hydrogen (secondary N) is 2. The fourth-order valence-corrected chi connectivity index (χ4v) is 6.71. The molecule has 3 heterocycles. The Morgan fingerprint density at radius 2 is 1.70 bits per heavy atom. The predicted molar refractivity (Wildman–Crippen MR) is 158 cm³/mol. The molecular weight excluding hydrogens is 524 g/mol. The molecule has 212 valence electrons. The van der Waals surface area contributed by atoms with Crippen molar-refractivity contribution in [2.24, 2.45) is 25.9 Å². The molecule has 0 spiro atoms. The van der Waals surface area contributed by atoms with Gasteiger partial charge in [-0.05, 0) is 49.7 Å². The van der Waals surface area contributed by atoms with E-state index >= 15 is 0 Å². The minimum atomic E-state index is -3.27. The topological polar surface area (TPSA) is 120 Å². The summed E-state index contributed by atoms with van der Waals surface area (Å²) in [6.07, 6.45) is 14.7. The first-order chi connectivity index (χ1) is 19.1. The summed E-state index contributed by atoms with van der Waals surface area (Å²) in [6.45, 7) is 4.21. The summed E-state index contributed by atoms with van der Waals surface area (Å²) in [4.78, 5) is 9.85. The van der Waals surface area contributed by atoms with Crippen LogP contribution in [0.2, 0.25) is 0 Å². The lowest BCUT2D eigenvalue weighted by atomic mass is 9.75. The van der Waals surface area contributed by atoms with E-state index in [2.05, 4.69) is 39.3 Å². The van der Waals surface area contributed by atoms with Gasteiger partial charge in [0.15, 0.2) is 5.82 Å². The zero-order valence-corrected chi connectivity index (χ0v) is 24.6. The van der Waals surface area contributed by atoms with E-state index in [1.807, 2.05) is 64.1 Å². The Hall–Kier alpha value is -3.57. The van der Waals surface area contributed by atoms with Crippen LogP contribution in [0.15, 0.2) is 55.2 Å². The molecule has 0 aliphatic heterocycles. The molecule has 1 aliphatic rings. The van der Waals surface area contributed by atoms with Gasteiger partial charge in [0.2, 0.25) is 10.0 Å². The summed E-state index contributed by atoms with van der Waals surface area (Å²) in [5.41, 5.74) is 4.83. The third-order valence-corrected chi connectivity index (χ3v) is 8.52. The molecule has 1 fully saturated rings. The Morgan fingerprint density at radius 1 is 1.00 bits per heavy atom. The Morgan fingerprint density at radius 3 is 2.38 bits per heavy atom. The fraction of sp³-hybridized carbons (Fsp3) is 0.448. The van der Waals surface area contributed by atoms with Crippen molar-refractivity contribution < 1.29 is 8.42 Å². The average molecular weight is 563 g/mol. The molecule has 0 amide bonds. The van der Waals surface area contributed by atoms with E-state index in [0.29, 0.717) is 17.7 Å². The average Bonchev–Trinajstić information content (AvgIpc) is 3.53. The smallest absolute Gasteiger partial charge is 0.208 e. The van der Waals surface area contributed by atoms with Crippen LogP contribution in [0.4, 0.5) is 5.82 Å². The second kappa shape index (κ2) is 11.5. The van der Waals surface area contributed by atoms with Gasteiger partial charge in [-0.2, -0.15) is 10.2 Å². The summed E-state index contributed by atoms with van der Waals surface area (Å²) in [6, 6.07) is 8.17. The summed E-state index contributed by atoms with van der Waals surface area (Å²) in [5, 5.41) is 12.5. The van der Waals surface area contributed by atoms with Crippen LogP contribution in [0.1, 0.15) is 39.5 Å². The molecular formula is C29H38N8O2S. The quantitative estimate of drug-likeness (QED) is 0.308. The van der Waals surface area contributed by atoms with E-state index in [4.69, 9.17) is 9.97 Å². The normalized spacial score (nSPS) is 20.4. The van der Waals surface area contributed by atoms with Crippen molar-refractivity contribution in [2.75, 3.05) is 11.6 Å². The van der Waals surface area contributed by atoms with Crippen molar-refractivity contribution >= 4 is 15.8 Å². The van der Waals surface area contributed by atoms with E-state index < -0.39 is 10.0 Å². The highest BCUT2D eigenvalue weighted by Gasteiger charge is 2.33. The van der Waals surface area contributed by atoms with Crippen molar-refractivity contribution in [2.45, 2.75) is 51.6 Å². The molecule has 5 rings (SSSR count). The second-order valence-corrected chi connectivity index (χ2v) is 13.0. The molecule has 4 unspecified atom stereocenters. The summed E-state index contributed by atoms with van der Waals surface area (Å²) >= 11 is 0. The number of sulfonamides is 1. The van der Waals surface area contributed by atoms with Crippen LogP contribution in [0.25, 0.3) is 33.6 Å². The number of rotatable bonds is 9. The zero-order chi connectivity index (χ0) is 28.4. The molecule has 4 aromatic rings. The van der Waals surface area contributed by atoms with Crippen molar-refractivity contribution in [1.29, 1.82) is 0 Å². The molecule has 0 radical (unpaired) electrons. The molecule has 1 aliphatic carbocycles. The van der Waals surface area contributed by atoms with Crippen molar-refractivity contribution in [3.05, 3.63) is 55.2 Å². The molecule has 4 atom stereocenters. The van der Waals surface area contributed by atoms with Crippen molar-refractivity contribution in [3.63, 3.8) is 0 Å². The van der Waals surface area contributed by atoms with Gasteiger partial charge >= 0.3 is 0 Å². The minimum absolute atomic E-state index is 0.137. The predicted octanol–water partition coefficient (Wildman–Crippen LogP) is 4.49. The third-order valence-electron chi connectivity index (χ3n) is 7.69. The highest BCUT2D eigenvalue weighted by molar-refractivity contribution is 7.88.